The van der Waals surface area contributed by atoms with Gasteiger partial charge in [-0.1, -0.05) is 39.0 Å². The smallest absolute Gasteiger partial charge is 0.326 e. The second kappa shape index (κ2) is 11.4. The summed E-state index contributed by atoms with van der Waals surface area (Å²) in [4.78, 5) is 31.8. The van der Waals surface area contributed by atoms with Gasteiger partial charge in [0.15, 0.2) is 0 Å². The van der Waals surface area contributed by atoms with Gasteiger partial charge in [-0.05, 0) is 85.7 Å². The number of hydrogen-bond acceptors (Lipinski definition) is 5. The molecule has 4 rings (SSSR count). The lowest BCUT2D eigenvalue weighted by atomic mass is 9.86. The fraction of sp³-hybridized carbons (Fsp3) is 0.552. The van der Waals surface area contributed by atoms with E-state index in [9.17, 15) is 14.7 Å². The van der Waals surface area contributed by atoms with Crippen LogP contribution in [0.1, 0.15) is 73.6 Å². The Kier molecular flexibility index (Phi) is 8.29. The second-order valence-corrected chi connectivity index (χ2v) is 11.3. The molecule has 1 aromatic heterocycles. The minimum Gasteiger partial charge on any atom is -0.480 e. The van der Waals surface area contributed by atoms with Gasteiger partial charge in [0.25, 0.3) is 5.91 Å². The van der Waals surface area contributed by atoms with E-state index in [2.05, 4.69) is 48.4 Å². The van der Waals surface area contributed by atoms with Gasteiger partial charge in [-0.3, -0.25) is 4.79 Å². The maximum Gasteiger partial charge on any atom is 0.326 e. The number of rotatable bonds is 9. The van der Waals surface area contributed by atoms with Gasteiger partial charge < -0.3 is 20.6 Å². The maximum absolute atomic E-state index is 12.8. The standard InChI is InChI=1S/C29H40N4O3/c1-29(2,3)23-8-4-6-22(18-23)27(34)32-25(28(35)36)14-17-33-16-13-20(19-33)9-11-24-12-10-21-7-5-15-30-26(21)31-24/h4,6,8,10,12,18,20,25H,5,7,9,11,13-17,19H2,1-3H3,(H,30,31)(H,32,34)(H,35,36)/t20-,25+/m1/s1. The number of benzene rings is 1. The van der Waals surface area contributed by atoms with Crippen LogP contribution in [-0.4, -0.2) is 59.1 Å². The Morgan fingerprint density at radius 3 is 2.86 bits per heavy atom. The van der Waals surface area contributed by atoms with Crippen molar-refractivity contribution in [1.82, 2.24) is 15.2 Å². The molecule has 2 atom stereocenters. The molecule has 36 heavy (non-hydrogen) atoms. The van der Waals surface area contributed by atoms with Crippen LogP contribution in [0.15, 0.2) is 36.4 Å². The maximum atomic E-state index is 12.8. The predicted molar refractivity (Wildman–Crippen MR) is 143 cm³/mol. The summed E-state index contributed by atoms with van der Waals surface area (Å²) in [5.74, 6) is 0.325. The lowest BCUT2D eigenvalue weighted by Crippen LogP contribution is -2.43. The van der Waals surface area contributed by atoms with Gasteiger partial charge in [-0.15, -0.1) is 0 Å². The van der Waals surface area contributed by atoms with E-state index in [1.807, 2.05) is 18.2 Å². The van der Waals surface area contributed by atoms with Gasteiger partial charge in [0.05, 0.1) is 0 Å². The first-order valence-electron chi connectivity index (χ1n) is 13.3. The fourth-order valence-electron chi connectivity index (χ4n) is 5.15. The summed E-state index contributed by atoms with van der Waals surface area (Å²) >= 11 is 0. The van der Waals surface area contributed by atoms with Gasteiger partial charge in [-0.25, -0.2) is 9.78 Å². The Morgan fingerprint density at radius 1 is 1.25 bits per heavy atom. The van der Waals surface area contributed by atoms with Crippen LogP contribution in [-0.2, 0) is 23.1 Å². The van der Waals surface area contributed by atoms with Crippen molar-refractivity contribution >= 4 is 17.7 Å². The number of carboxylic acid groups (broad SMARTS) is 1. The van der Waals surface area contributed by atoms with E-state index in [-0.39, 0.29) is 11.3 Å². The number of hydrogen-bond donors (Lipinski definition) is 3. The number of nitrogens with one attached hydrogen (secondary N) is 2. The summed E-state index contributed by atoms with van der Waals surface area (Å²) in [6.07, 6.45) is 5.84. The number of aromatic nitrogens is 1. The van der Waals surface area contributed by atoms with Crippen LogP contribution in [0.5, 0.6) is 0 Å². The summed E-state index contributed by atoms with van der Waals surface area (Å²) in [5, 5.41) is 15.9. The average molecular weight is 493 g/mol. The van der Waals surface area contributed by atoms with E-state index >= 15 is 0 Å². The molecule has 0 radical (unpaired) electrons. The van der Waals surface area contributed by atoms with Gasteiger partial charge in [-0.2, -0.15) is 0 Å². The van der Waals surface area contributed by atoms with Crippen molar-refractivity contribution in [1.29, 1.82) is 0 Å². The fourth-order valence-corrected chi connectivity index (χ4v) is 5.15. The van der Waals surface area contributed by atoms with Crippen LogP contribution in [0.2, 0.25) is 0 Å². The van der Waals surface area contributed by atoms with Crippen molar-refractivity contribution in [3.63, 3.8) is 0 Å². The molecule has 7 nitrogen and oxygen atoms in total. The van der Waals surface area contributed by atoms with E-state index in [4.69, 9.17) is 4.98 Å². The lowest BCUT2D eigenvalue weighted by Gasteiger charge is -2.21. The number of anilines is 1. The summed E-state index contributed by atoms with van der Waals surface area (Å²) in [6, 6.07) is 10.9. The summed E-state index contributed by atoms with van der Waals surface area (Å²) in [6.45, 7) is 9.88. The van der Waals surface area contributed by atoms with Crippen molar-refractivity contribution in [3.05, 3.63) is 58.8 Å². The molecule has 1 fully saturated rings. The number of carbonyl (C=O) groups is 2. The first-order chi connectivity index (χ1) is 17.2. The monoisotopic (exact) mass is 492 g/mol. The van der Waals surface area contributed by atoms with Crippen LogP contribution in [0.25, 0.3) is 0 Å². The van der Waals surface area contributed by atoms with E-state index in [1.54, 1.807) is 6.07 Å². The zero-order valence-corrected chi connectivity index (χ0v) is 21.8. The van der Waals surface area contributed by atoms with E-state index in [0.29, 0.717) is 24.4 Å². The number of fused-ring (bicyclic) bond motifs is 1. The number of nitrogens with zero attached hydrogens (tertiary/aromatic N) is 2. The molecule has 0 aliphatic carbocycles. The molecule has 194 valence electrons. The van der Waals surface area contributed by atoms with Crippen LogP contribution >= 0.6 is 0 Å². The average Bonchev–Trinajstić information content (AvgIpc) is 3.32. The van der Waals surface area contributed by atoms with Crippen LogP contribution in [0.3, 0.4) is 0 Å². The van der Waals surface area contributed by atoms with Crippen molar-refractivity contribution in [3.8, 4) is 0 Å². The number of amides is 1. The molecule has 3 heterocycles. The zero-order chi connectivity index (χ0) is 25.7. The third kappa shape index (κ3) is 6.84. The number of aliphatic carboxylic acids is 1. The summed E-state index contributed by atoms with van der Waals surface area (Å²) < 4.78 is 0. The number of aryl methyl sites for hydroxylation is 2. The Hall–Kier alpha value is -2.93. The van der Waals surface area contributed by atoms with Crippen LogP contribution < -0.4 is 10.6 Å². The molecule has 0 saturated carbocycles. The lowest BCUT2D eigenvalue weighted by molar-refractivity contribution is -0.139. The predicted octanol–water partition coefficient (Wildman–Crippen LogP) is 4.27. The third-order valence-electron chi connectivity index (χ3n) is 7.46. The zero-order valence-electron chi connectivity index (χ0n) is 21.8. The summed E-state index contributed by atoms with van der Waals surface area (Å²) in [5.41, 5.74) is 3.93. The topological polar surface area (TPSA) is 94.6 Å². The molecule has 3 N–H and O–H groups in total. The molecule has 2 aliphatic heterocycles. The minimum atomic E-state index is -0.988. The van der Waals surface area contributed by atoms with Crippen molar-refractivity contribution in [2.75, 3.05) is 31.5 Å². The molecule has 2 aliphatic rings. The normalized spacial score (nSPS) is 18.8. The van der Waals surface area contributed by atoms with Crippen molar-refractivity contribution < 1.29 is 14.7 Å². The molecule has 7 heteroatoms. The quantitative estimate of drug-likeness (QED) is 0.484. The third-order valence-corrected chi connectivity index (χ3v) is 7.46. The number of carboxylic acids is 1. The highest BCUT2D eigenvalue weighted by molar-refractivity contribution is 5.96. The first-order valence-corrected chi connectivity index (χ1v) is 13.3. The number of likely N-dealkylation sites (tertiary alicyclic amines) is 1. The van der Waals surface area contributed by atoms with Crippen molar-refractivity contribution in [2.24, 2.45) is 5.92 Å². The molecular weight excluding hydrogens is 452 g/mol. The molecule has 1 amide bonds. The molecule has 0 spiro atoms. The van der Waals surface area contributed by atoms with Crippen LogP contribution in [0.4, 0.5) is 5.82 Å². The van der Waals surface area contributed by atoms with Gasteiger partial charge in [0.1, 0.15) is 11.9 Å². The van der Waals surface area contributed by atoms with E-state index in [0.717, 1.165) is 62.4 Å². The van der Waals surface area contributed by atoms with Gasteiger partial charge >= 0.3 is 5.97 Å². The minimum absolute atomic E-state index is 0.0817. The second-order valence-electron chi connectivity index (χ2n) is 11.3. The van der Waals surface area contributed by atoms with Crippen LogP contribution in [0, 0.1) is 5.92 Å². The highest BCUT2D eigenvalue weighted by Gasteiger charge is 2.26. The largest absolute Gasteiger partial charge is 0.480 e. The molecule has 0 unspecified atom stereocenters. The Labute approximate surface area is 214 Å². The van der Waals surface area contributed by atoms with Crippen molar-refractivity contribution in [2.45, 2.75) is 70.8 Å². The van der Waals surface area contributed by atoms with E-state index < -0.39 is 12.0 Å². The van der Waals surface area contributed by atoms with E-state index in [1.165, 1.54) is 12.0 Å². The first kappa shape index (κ1) is 26.1. The molecule has 1 aromatic carbocycles. The van der Waals surface area contributed by atoms with Gasteiger partial charge in [0.2, 0.25) is 0 Å². The molecule has 0 bridgehead atoms. The highest BCUT2D eigenvalue weighted by atomic mass is 16.4. The highest BCUT2D eigenvalue weighted by Crippen LogP contribution is 2.25. The molecular formula is C29H40N4O3. The number of pyridine rings is 1. The summed E-state index contributed by atoms with van der Waals surface area (Å²) in [7, 11) is 0. The Bertz CT molecular complexity index is 1080. The SMILES string of the molecule is CC(C)(C)c1cccc(C(=O)N[C@@H](CCN2CC[C@@H](CCc3ccc4c(n3)NCCC4)C2)C(=O)O)c1. The van der Waals surface area contributed by atoms with Gasteiger partial charge in [0, 0.05) is 30.9 Å². The number of carbonyl (C=O) groups excluding carboxylic acids is 1. The Balaban J connectivity index is 1.24. The Morgan fingerprint density at radius 2 is 2.08 bits per heavy atom. The molecule has 2 aromatic rings. The molecule has 1 saturated heterocycles.